The van der Waals surface area contributed by atoms with Crippen molar-refractivity contribution in [1.82, 2.24) is 0 Å². The van der Waals surface area contributed by atoms with Crippen LogP contribution >= 0.6 is 0 Å². The number of allylic oxidation sites excluding steroid dienone is 2. The van der Waals surface area contributed by atoms with Gasteiger partial charge in [-0.15, -0.1) is 0 Å². The van der Waals surface area contributed by atoms with Crippen LogP contribution < -0.4 is 0 Å². The summed E-state index contributed by atoms with van der Waals surface area (Å²) in [7, 11) is 0. The standard InChI is InChI=1S/C11H16O3/c1-11(2,3)10(13)14-9-7-5-4-6-8(9)12/h7H,4-6H2,1-3H3. The molecule has 0 aromatic heterocycles. The Morgan fingerprint density at radius 3 is 2.57 bits per heavy atom. The molecule has 1 rings (SSSR count). The monoisotopic (exact) mass is 196 g/mol. The summed E-state index contributed by atoms with van der Waals surface area (Å²) in [6, 6.07) is 0. The highest BCUT2D eigenvalue weighted by atomic mass is 16.5. The van der Waals surface area contributed by atoms with E-state index in [0.29, 0.717) is 6.42 Å². The zero-order valence-corrected chi connectivity index (χ0v) is 8.92. The number of hydrogen-bond acceptors (Lipinski definition) is 3. The molecule has 0 aliphatic heterocycles. The largest absolute Gasteiger partial charge is 0.423 e. The van der Waals surface area contributed by atoms with Gasteiger partial charge < -0.3 is 4.74 Å². The van der Waals surface area contributed by atoms with E-state index >= 15 is 0 Å². The lowest BCUT2D eigenvalue weighted by molar-refractivity contribution is -0.150. The summed E-state index contributed by atoms with van der Waals surface area (Å²) >= 11 is 0. The van der Waals surface area contributed by atoms with Gasteiger partial charge in [-0.25, -0.2) is 0 Å². The van der Waals surface area contributed by atoms with Crippen LogP contribution in [0.3, 0.4) is 0 Å². The maximum atomic E-state index is 11.5. The van der Waals surface area contributed by atoms with Gasteiger partial charge in [0.1, 0.15) is 0 Å². The van der Waals surface area contributed by atoms with E-state index < -0.39 is 5.41 Å². The highest BCUT2D eigenvalue weighted by Crippen LogP contribution is 2.21. The predicted octanol–water partition coefficient (Wildman–Crippen LogP) is 2.21. The molecule has 14 heavy (non-hydrogen) atoms. The van der Waals surface area contributed by atoms with Crippen molar-refractivity contribution in [2.45, 2.75) is 40.0 Å². The van der Waals surface area contributed by atoms with Crippen LogP contribution in [0.1, 0.15) is 40.0 Å². The molecule has 1 aliphatic carbocycles. The predicted molar refractivity (Wildman–Crippen MR) is 52.5 cm³/mol. The molecule has 0 spiro atoms. The Morgan fingerprint density at radius 1 is 1.43 bits per heavy atom. The summed E-state index contributed by atoms with van der Waals surface area (Å²) < 4.78 is 5.04. The summed E-state index contributed by atoms with van der Waals surface area (Å²) in [5.74, 6) is -0.177. The number of carbonyl (C=O) groups excluding carboxylic acids is 2. The zero-order chi connectivity index (χ0) is 10.8. The Morgan fingerprint density at radius 2 is 2.07 bits per heavy atom. The number of ketones is 1. The van der Waals surface area contributed by atoms with Crippen molar-refractivity contribution in [3.63, 3.8) is 0 Å². The van der Waals surface area contributed by atoms with Crippen LogP contribution in [-0.2, 0) is 14.3 Å². The molecule has 1 aliphatic rings. The van der Waals surface area contributed by atoms with Crippen LogP contribution in [0, 0.1) is 5.41 Å². The first kappa shape index (κ1) is 11.0. The Labute approximate surface area is 84.1 Å². The summed E-state index contributed by atoms with van der Waals surface area (Å²) in [5.41, 5.74) is -0.557. The number of esters is 1. The van der Waals surface area contributed by atoms with E-state index in [4.69, 9.17) is 4.74 Å². The third-order valence-corrected chi connectivity index (χ3v) is 2.03. The number of ether oxygens (including phenoxy) is 1. The molecule has 0 atom stereocenters. The quantitative estimate of drug-likeness (QED) is 0.604. The average Bonchev–Trinajstić information content (AvgIpc) is 2.07. The van der Waals surface area contributed by atoms with Crippen LogP contribution in [0.5, 0.6) is 0 Å². The Hall–Kier alpha value is -1.12. The SMILES string of the molecule is CC(C)(C)C(=O)OC1=CCCCC1=O. The molecule has 0 fully saturated rings. The van der Waals surface area contributed by atoms with Crippen molar-refractivity contribution in [3.8, 4) is 0 Å². The molecular weight excluding hydrogens is 180 g/mol. The molecule has 0 saturated heterocycles. The highest BCUT2D eigenvalue weighted by molar-refractivity contribution is 5.96. The Balaban J connectivity index is 2.64. The summed E-state index contributed by atoms with van der Waals surface area (Å²) in [6.07, 6.45) is 3.87. The molecule has 0 amide bonds. The Bertz CT molecular complexity index is 281. The minimum absolute atomic E-state index is 0.0612. The maximum Gasteiger partial charge on any atom is 0.316 e. The zero-order valence-electron chi connectivity index (χ0n) is 8.92. The molecule has 0 saturated carbocycles. The molecule has 3 nitrogen and oxygen atoms in total. The summed E-state index contributed by atoms with van der Waals surface area (Å²) in [6.45, 7) is 5.30. The van der Waals surface area contributed by atoms with Gasteiger partial charge in [0.05, 0.1) is 5.41 Å². The fourth-order valence-electron chi connectivity index (χ4n) is 1.08. The van der Waals surface area contributed by atoms with Gasteiger partial charge in [-0.3, -0.25) is 9.59 Å². The van der Waals surface area contributed by atoms with Gasteiger partial charge in [0.25, 0.3) is 0 Å². The average molecular weight is 196 g/mol. The van der Waals surface area contributed by atoms with E-state index in [1.807, 2.05) is 0 Å². The molecule has 0 N–H and O–H groups in total. The van der Waals surface area contributed by atoms with Crippen LogP contribution in [-0.4, -0.2) is 11.8 Å². The molecule has 0 aromatic rings. The van der Waals surface area contributed by atoms with Crippen molar-refractivity contribution in [2.75, 3.05) is 0 Å². The second-order valence-corrected chi connectivity index (χ2v) is 4.52. The van der Waals surface area contributed by atoms with Gasteiger partial charge in [0.15, 0.2) is 11.5 Å². The first-order valence-electron chi connectivity index (χ1n) is 4.87. The molecule has 3 heteroatoms. The van der Waals surface area contributed by atoms with Crippen LogP contribution in [0.25, 0.3) is 0 Å². The van der Waals surface area contributed by atoms with E-state index in [2.05, 4.69) is 0 Å². The van der Waals surface area contributed by atoms with Gasteiger partial charge in [0, 0.05) is 6.42 Å². The first-order valence-corrected chi connectivity index (χ1v) is 4.87. The summed E-state index contributed by atoms with van der Waals surface area (Å²) in [4.78, 5) is 22.8. The van der Waals surface area contributed by atoms with Gasteiger partial charge in [-0.05, 0) is 39.7 Å². The van der Waals surface area contributed by atoms with Crippen molar-refractivity contribution < 1.29 is 14.3 Å². The van der Waals surface area contributed by atoms with E-state index in [-0.39, 0.29) is 17.5 Å². The highest BCUT2D eigenvalue weighted by Gasteiger charge is 2.27. The van der Waals surface area contributed by atoms with Crippen molar-refractivity contribution in [2.24, 2.45) is 5.41 Å². The van der Waals surface area contributed by atoms with Gasteiger partial charge in [0.2, 0.25) is 0 Å². The van der Waals surface area contributed by atoms with Crippen LogP contribution in [0.15, 0.2) is 11.8 Å². The van der Waals surface area contributed by atoms with E-state index in [9.17, 15) is 9.59 Å². The fraction of sp³-hybridized carbons (Fsp3) is 0.636. The van der Waals surface area contributed by atoms with Gasteiger partial charge in [-0.1, -0.05) is 0 Å². The molecule has 0 heterocycles. The minimum atomic E-state index is -0.557. The summed E-state index contributed by atoms with van der Waals surface area (Å²) in [5, 5.41) is 0. The second kappa shape index (κ2) is 3.95. The molecule has 78 valence electrons. The van der Waals surface area contributed by atoms with E-state index in [1.54, 1.807) is 26.8 Å². The number of rotatable bonds is 1. The van der Waals surface area contributed by atoms with Crippen molar-refractivity contribution >= 4 is 11.8 Å². The minimum Gasteiger partial charge on any atom is -0.423 e. The first-order chi connectivity index (χ1) is 6.41. The third kappa shape index (κ3) is 2.69. The Kier molecular flexibility index (Phi) is 3.09. The molecule has 0 bridgehead atoms. The molecule has 0 unspecified atom stereocenters. The van der Waals surface area contributed by atoms with E-state index in [1.165, 1.54) is 0 Å². The van der Waals surface area contributed by atoms with E-state index in [0.717, 1.165) is 12.8 Å². The third-order valence-electron chi connectivity index (χ3n) is 2.03. The molecular formula is C11H16O3. The number of carbonyl (C=O) groups is 2. The lowest BCUT2D eigenvalue weighted by Gasteiger charge is -2.18. The second-order valence-electron chi connectivity index (χ2n) is 4.52. The fourth-order valence-corrected chi connectivity index (χ4v) is 1.08. The van der Waals surface area contributed by atoms with Gasteiger partial charge in [-0.2, -0.15) is 0 Å². The smallest absolute Gasteiger partial charge is 0.316 e. The maximum absolute atomic E-state index is 11.5. The van der Waals surface area contributed by atoms with Gasteiger partial charge >= 0.3 is 5.97 Å². The van der Waals surface area contributed by atoms with Crippen molar-refractivity contribution in [1.29, 1.82) is 0 Å². The molecule has 0 aromatic carbocycles. The molecule has 0 radical (unpaired) electrons. The number of hydrogen-bond donors (Lipinski definition) is 0. The number of Topliss-reactive ketones (excluding diaryl/α,β-unsaturated/α-hetero) is 1. The lowest BCUT2D eigenvalue weighted by Crippen LogP contribution is -2.25. The van der Waals surface area contributed by atoms with Crippen molar-refractivity contribution in [3.05, 3.63) is 11.8 Å². The van der Waals surface area contributed by atoms with Crippen LogP contribution in [0.2, 0.25) is 0 Å². The lowest BCUT2D eigenvalue weighted by atomic mass is 9.97. The normalized spacial score (nSPS) is 17.6. The van der Waals surface area contributed by atoms with Crippen LogP contribution in [0.4, 0.5) is 0 Å². The topological polar surface area (TPSA) is 43.4 Å².